The lowest BCUT2D eigenvalue weighted by molar-refractivity contribution is 0.0910. The van der Waals surface area contributed by atoms with Gasteiger partial charge in [0.05, 0.1) is 11.1 Å². The quantitative estimate of drug-likeness (QED) is 0.607. The highest BCUT2D eigenvalue weighted by Gasteiger charge is 2.18. The van der Waals surface area contributed by atoms with Gasteiger partial charge in [0, 0.05) is 36.4 Å². The molecule has 7 heteroatoms. The third-order valence-corrected chi connectivity index (χ3v) is 4.55. The molecule has 0 aliphatic rings. The summed E-state index contributed by atoms with van der Waals surface area (Å²) in [5, 5.41) is 16.2. The fourth-order valence-electron chi connectivity index (χ4n) is 2.61. The maximum absolute atomic E-state index is 12.2. The molecule has 0 atom stereocenters. The summed E-state index contributed by atoms with van der Waals surface area (Å²) >= 11 is 0. The van der Waals surface area contributed by atoms with E-state index in [4.69, 9.17) is 9.26 Å². The normalized spacial score (nSPS) is 11.3. The first kappa shape index (κ1) is 20.5. The Balaban J connectivity index is 1.63. The molecule has 2 N–H and O–H groups in total. The summed E-state index contributed by atoms with van der Waals surface area (Å²) in [5.41, 5.74) is 2.60. The Kier molecular flexibility index (Phi) is 6.29. The van der Waals surface area contributed by atoms with Gasteiger partial charge in [-0.1, -0.05) is 49.3 Å². The van der Waals surface area contributed by atoms with E-state index in [0.29, 0.717) is 23.7 Å². The number of nitrogens with one attached hydrogen (secondary N) is 1. The van der Waals surface area contributed by atoms with E-state index >= 15 is 0 Å². The predicted octanol–water partition coefficient (Wildman–Crippen LogP) is 3.37. The third-order valence-electron chi connectivity index (χ3n) is 4.55. The van der Waals surface area contributed by atoms with Crippen molar-refractivity contribution in [2.45, 2.75) is 27.4 Å². The second-order valence-electron chi connectivity index (χ2n) is 7.61. The summed E-state index contributed by atoms with van der Waals surface area (Å²) in [6.45, 7) is 6.20. The SMILES string of the molecule is Cc1onc(-c2ccccc2)c1COc1ccc(C(=O)NCC(C)(C)CO)cn1. The van der Waals surface area contributed by atoms with E-state index in [-0.39, 0.29) is 24.5 Å². The fourth-order valence-corrected chi connectivity index (χ4v) is 2.61. The van der Waals surface area contributed by atoms with Gasteiger partial charge in [0.25, 0.3) is 5.91 Å². The van der Waals surface area contributed by atoms with Crippen LogP contribution in [0.1, 0.15) is 35.5 Å². The molecule has 1 amide bonds. The van der Waals surface area contributed by atoms with Gasteiger partial charge in [-0.2, -0.15) is 0 Å². The van der Waals surface area contributed by atoms with Crippen LogP contribution in [0.2, 0.25) is 0 Å². The molecular formula is C22H25N3O4. The fraction of sp³-hybridized carbons (Fsp3) is 0.318. The van der Waals surface area contributed by atoms with Crippen LogP contribution in [0.4, 0.5) is 0 Å². The van der Waals surface area contributed by atoms with E-state index in [0.717, 1.165) is 16.8 Å². The Morgan fingerprint density at radius 2 is 1.97 bits per heavy atom. The molecule has 1 aromatic carbocycles. The lowest BCUT2D eigenvalue weighted by atomic mass is 9.95. The van der Waals surface area contributed by atoms with E-state index < -0.39 is 0 Å². The number of nitrogens with zero attached hydrogens (tertiary/aromatic N) is 2. The van der Waals surface area contributed by atoms with Gasteiger partial charge in [0.1, 0.15) is 18.1 Å². The number of benzene rings is 1. The van der Waals surface area contributed by atoms with Crippen LogP contribution in [-0.2, 0) is 6.61 Å². The lowest BCUT2D eigenvalue weighted by Gasteiger charge is -2.21. The van der Waals surface area contributed by atoms with Crippen molar-refractivity contribution in [1.29, 1.82) is 0 Å². The summed E-state index contributed by atoms with van der Waals surface area (Å²) in [4.78, 5) is 16.4. The van der Waals surface area contributed by atoms with Crippen LogP contribution < -0.4 is 10.1 Å². The minimum absolute atomic E-state index is 0.00837. The molecule has 0 saturated carbocycles. The van der Waals surface area contributed by atoms with Gasteiger partial charge < -0.3 is 19.7 Å². The number of hydrogen-bond donors (Lipinski definition) is 2. The number of amides is 1. The average molecular weight is 395 g/mol. The standard InChI is InChI=1S/C22H25N3O4/c1-15-18(20(25-29-15)16-7-5-4-6-8-16)12-28-19-10-9-17(11-23-19)21(27)24-13-22(2,3)14-26/h4-11,26H,12-14H2,1-3H3,(H,24,27). The molecule has 2 heterocycles. The molecule has 2 aromatic heterocycles. The number of carbonyl (C=O) groups is 1. The molecule has 29 heavy (non-hydrogen) atoms. The van der Waals surface area contributed by atoms with E-state index in [1.807, 2.05) is 51.1 Å². The van der Waals surface area contributed by atoms with Crippen LogP contribution >= 0.6 is 0 Å². The summed E-state index contributed by atoms with van der Waals surface area (Å²) < 4.78 is 11.1. The molecule has 0 unspecified atom stereocenters. The van der Waals surface area contributed by atoms with E-state index in [1.54, 1.807) is 12.1 Å². The Morgan fingerprint density at radius 3 is 2.62 bits per heavy atom. The molecule has 152 valence electrons. The molecule has 3 aromatic rings. The number of hydrogen-bond acceptors (Lipinski definition) is 6. The summed E-state index contributed by atoms with van der Waals surface area (Å²) in [7, 11) is 0. The van der Waals surface area contributed by atoms with Crippen LogP contribution in [-0.4, -0.2) is 34.3 Å². The zero-order chi connectivity index (χ0) is 20.9. The number of aliphatic hydroxyl groups is 1. The Morgan fingerprint density at radius 1 is 1.21 bits per heavy atom. The largest absolute Gasteiger partial charge is 0.473 e. The highest BCUT2D eigenvalue weighted by Crippen LogP contribution is 2.26. The summed E-state index contributed by atoms with van der Waals surface area (Å²) in [6.07, 6.45) is 1.47. The first-order valence-corrected chi connectivity index (χ1v) is 9.38. The lowest BCUT2D eigenvalue weighted by Crippen LogP contribution is -2.36. The molecule has 0 aliphatic carbocycles. The third kappa shape index (κ3) is 5.20. The van der Waals surface area contributed by atoms with Gasteiger partial charge >= 0.3 is 0 Å². The molecular weight excluding hydrogens is 370 g/mol. The van der Waals surface area contributed by atoms with Crippen LogP contribution in [0.5, 0.6) is 5.88 Å². The van der Waals surface area contributed by atoms with Crippen molar-refractivity contribution >= 4 is 5.91 Å². The average Bonchev–Trinajstić information content (AvgIpc) is 3.12. The topological polar surface area (TPSA) is 97.5 Å². The van der Waals surface area contributed by atoms with Crippen LogP contribution in [0.3, 0.4) is 0 Å². The zero-order valence-corrected chi connectivity index (χ0v) is 16.8. The molecule has 0 saturated heterocycles. The second kappa shape index (κ2) is 8.87. The zero-order valence-electron chi connectivity index (χ0n) is 16.8. The van der Waals surface area contributed by atoms with Gasteiger partial charge in [0.2, 0.25) is 5.88 Å². The van der Waals surface area contributed by atoms with E-state index in [1.165, 1.54) is 6.20 Å². The van der Waals surface area contributed by atoms with Gasteiger partial charge in [-0.25, -0.2) is 4.98 Å². The Hall–Kier alpha value is -3.19. The number of carbonyl (C=O) groups excluding carboxylic acids is 1. The molecule has 0 bridgehead atoms. The van der Waals surface area contributed by atoms with Gasteiger partial charge in [-0.15, -0.1) is 0 Å². The Labute approximate surface area is 169 Å². The monoisotopic (exact) mass is 395 g/mol. The number of rotatable bonds is 8. The van der Waals surface area contributed by atoms with Gasteiger partial charge in [0.15, 0.2) is 0 Å². The minimum atomic E-state index is -0.376. The highest BCUT2D eigenvalue weighted by molar-refractivity contribution is 5.93. The highest BCUT2D eigenvalue weighted by atomic mass is 16.5. The smallest absolute Gasteiger partial charge is 0.252 e. The number of pyridine rings is 1. The van der Waals surface area contributed by atoms with Crippen molar-refractivity contribution in [2.75, 3.05) is 13.2 Å². The van der Waals surface area contributed by atoms with E-state index in [9.17, 15) is 9.90 Å². The number of aromatic nitrogens is 2. The van der Waals surface area contributed by atoms with E-state index in [2.05, 4.69) is 15.5 Å². The van der Waals surface area contributed by atoms with Crippen molar-refractivity contribution in [3.05, 3.63) is 65.5 Å². The Bertz CT molecular complexity index is 950. The van der Waals surface area contributed by atoms with Crippen LogP contribution in [0, 0.1) is 12.3 Å². The van der Waals surface area contributed by atoms with Gasteiger partial charge in [-0.3, -0.25) is 4.79 Å². The number of aryl methyl sites for hydroxylation is 1. The molecule has 0 spiro atoms. The molecule has 0 radical (unpaired) electrons. The second-order valence-corrected chi connectivity index (χ2v) is 7.61. The minimum Gasteiger partial charge on any atom is -0.473 e. The maximum atomic E-state index is 12.2. The van der Waals surface area contributed by atoms with Crippen molar-refractivity contribution in [3.63, 3.8) is 0 Å². The molecule has 7 nitrogen and oxygen atoms in total. The van der Waals surface area contributed by atoms with Crippen molar-refractivity contribution in [2.24, 2.45) is 5.41 Å². The summed E-state index contributed by atoms with van der Waals surface area (Å²) in [6, 6.07) is 13.1. The van der Waals surface area contributed by atoms with Crippen molar-refractivity contribution in [1.82, 2.24) is 15.5 Å². The van der Waals surface area contributed by atoms with Crippen LogP contribution in [0.25, 0.3) is 11.3 Å². The molecule has 0 aliphatic heterocycles. The van der Waals surface area contributed by atoms with Crippen molar-refractivity contribution < 1.29 is 19.2 Å². The first-order chi connectivity index (χ1) is 13.9. The molecule has 0 fully saturated rings. The van der Waals surface area contributed by atoms with Gasteiger partial charge in [-0.05, 0) is 13.0 Å². The van der Waals surface area contributed by atoms with Crippen LogP contribution in [0.15, 0.2) is 53.2 Å². The molecule has 3 rings (SSSR count). The number of aliphatic hydroxyl groups excluding tert-OH is 1. The summed E-state index contributed by atoms with van der Waals surface area (Å²) in [5.74, 6) is 0.843. The van der Waals surface area contributed by atoms with Crippen molar-refractivity contribution in [3.8, 4) is 17.1 Å². The number of ether oxygens (including phenoxy) is 1. The first-order valence-electron chi connectivity index (χ1n) is 9.38. The predicted molar refractivity (Wildman–Crippen MR) is 108 cm³/mol. The maximum Gasteiger partial charge on any atom is 0.252 e.